The minimum atomic E-state index is -1.04. The van der Waals surface area contributed by atoms with Crippen LogP contribution in [0.2, 0.25) is 0 Å². The lowest BCUT2D eigenvalue weighted by Crippen LogP contribution is -2.33. The first-order chi connectivity index (χ1) is 15.9. The van der Waals surface area contributed by atoms with Crippen LogP contribution in [0, 0.1) is 0 Å². The van der Waals surface area contributed by atoms with Gasteiger partial charge in [0, 0.05) is 17.8 Å². The Morgan fingerprint density at radius 1 is 0.939 bits per heavy atom. The van der Waals surface area contributed by atoms with Crippen molar-refractivity contribution in [2.75, 3.05) is 6.61 Å². The Bertz CT molecular complexity index is 1280. The van der Waals surface area contributed by atoms with E-state index >= 15 is 0 Å². The van der Waals surface area contributed by atoms with Crippen LogP contribution in [0.25, 0.3) is 0 Å². The quantitative estimate of drug-likeness (QED) is 0.453. The average molecular weight is 448 g/mol. The molecular weight excluding hydrogens is 428 g/mol. The molecule has 1 aliphatic rings. The molecule has 1 aliphatic heterocycles. The zero-order chi connectivity index (χ0) is 23.4. The Labute approximate surface area is 187 Å². The molecule has 1 saturated heterocycles. The molecule has 9 heteroatoms. The number of esters is 2. The van der Waals surface area contributed by atoms with Gasteiger partial charge in [-0.15, -0.1) is 0 Å². The van der Waals surface area contributed by atoms with Gasteiger partial charge in [-0.25, -0.2) is 14.4 Å². The lowest BCUT2D eigenvalue weighted by Gasteiger charge is -2.19. The predicted octanol–water partition coefficient (Wildman–Crippen LogP) is 2.07. The van der Waals surface area contributed by atoms with Crippen molar-refractivity contribution in [1.29, 1.82) is 0 Å². The molecule has 1 aromatic heterocycles. The van der Waals surface area contributed by atoms with Crippen LogP contribution in [-0.2, 0) is 14.2 Å². The number of H-pyrrole nitrogens is 1. The molecule has 33 heavy (non-hydrogen) atoms. The van der Waals surface area contributed by atoms with Crippen molar-refractivity contribution in [3.05, 3.63) is 117 Å². The molecule has 0 radical (unpaired) electrons. The molecule has 0 spiro atoms. The van der Waals surface area contributed by atoms with Crippen LogP contribution < -0.4 is 11.2 Å². The molecule has 168 valence electrons. The van der Waals surface area contributed by atoms with Gasteiger partial charge in [0.25, 0.3) is 5.56 Å². The highest BCUT2D eigenvalue weighted by Crippen LogP contribution is 2.35. The van der Waals surface area contributed by atoms with Gasteiger partial charge in [-0.3, -0.25) is 14.3 Å². The van der Waals surface area contributed by atoms with Crippen LogP contribution in [0.1, 0.15) is 26.9 Å². The number of rotatable bonds is 6. The molecule has 0 saturated carbocycles. The third-order valence-electron chi connectivity index (χ3n) is 5.06. The molecule has 0 bridgehead atoms. The van der Waals surface area contributed by atoms with Crippen molar-refractivity contribution in [1.82, 2.24) is 9.55 Å². The van der Waals surface area contributed by atoms with Gasteiger partial charge in [-0.05, 0) is 24.3 Å². The van der Waals surface area contributed by atoms with E-state index in [1.165, 1.54) is 6.20 Å². The maximum absolute atomic E-state index is 12.7. The van der Waals surface area contributed by atoms with Crippen LogP contribution in [0.5, 0.6) is 0 Å². The van der Waals surface area contributed by atoms with Crippen molar-refractivity contribution < 1.29 is 23.8 Å². The third-order valence-corrected chi connectivity index (χ3v) is 5.06. The van der Waals surface area contributed by atoms with Crippen LogP contribution in [0.15, 0.2) is 94.7 Å². The summed E-state index contributed by atoms with van der Waals surface area (Å²) in [7, 11) is 0. The zero-order valence-electron chi connectivity index (χ0n) is 17.4. The van der Waals surface area contributed by atoms with Crippen LogP contribution in [0.4, 0.5) is 0 Å². The number of hydrogen-bond acceptors (Lipinski definition) is 7. The van der Waals surface area contributed by atoms with Gasteiger partial charge >= 0.3 is 17.6 Å². The number of carbonyl (C=O) groups is 2. The maximum Gasteiger partial charge on any atom is 0.338 e. The van der Waals surface area contributed by atoms with E-state index in [-0.39, 0.29) is 12.2 Å². The van der Waals surface area contributed by atoms with Crippen LogP contribution in [0.3, 0.4) is 0 Å². The molecule has 4 rings (SSSR count). The molecule has 3 aromatic rings. The minimum absolute atomic E-state index is 0.256. The Morgan fingerprint density at radius 3 is 2.15 bits per heavy atom. The first-order valence-electron chi connectivity index (χ1n) is 10.1. The van der Waals surface area contributed by atoms with Crippen LogP contribution >= 0.6 is 0 Å². The van der Waals surface area contributed by atoms with Crippen molar-refractivity contribution >= 4 is 11.9 Å². The molecule has 1 N–H and O–H groups in total. The highest BCUT2D eigenvalue weighted by Gasteiger charge is 2.43. The summed E-state index contributed by atoms with van der Waals surface area (Å²) in [5.74, 6) is -1.21. The van der Waals surface area contributed by atoms with Gasteiger partial charge in [-0.1, -0.05) is 43.0 Å². The van der Waals surface area contributed by atoms with Gasteiger partial charge in [-0.2, -0.15) is 0 Å². The standard InChI is InChI=1S/C24H20N2O7/c1-15-20(33-23(29)17-10-6-3-7-11-17)18(14-31-22(28)16-8-4-2-5-9-16)32-21(15)26-13-12-19(27)25-24(26)30/h2-13,18,20-21H,1,14H2,(H,25,27,30)/t18?,20-,21+/m0/s1. The predicted molar refractivity (Wildman–Crippen MR) is 117 cm³/mol. The van der Waals surface area contributed by atoms with E-state index < -0.39 is 41.6 Å². The molecule has 0 aliphatic carbocycles. The highest BCUT2D eigenvalue weighted by molar-refractivity contribution is 5.90. The summed E-state index contributed by atoms with van der Waals surface area (Å²) in [5.41, 5.74) is -0.367. The Morgan fingerprint density at radius 2 is 1.55 bits per heavy atom. The van der Waals surface area contributed by atoms with E-state index in [0.29, 0.717) is 11.1 Å². The largest absolute Gasteiger partial charge is 0.459 e. The van der Waals surface area contributed by atoms with E-state index in [2.05, 4.69) is 11.6 Å². The summed E-state index contributed by atoms with van der Waals surface area (Å²) in [6, 6.07) is 17.9. The summed E-state index contributed by atoms with van der Waals surface area (Å²) in [5, 5.41) is 0. The van der Waals surface area contributed by atoms with Gasteiger partial charge in [0.2, 0.25) is 0 Å². The van der Waals surface area contributed by atoms with Gasteiger partial charge in [0.05, 0.1) is 11.1 Å². The summed E-state index contributed by atoms with van der Waals surface area (Å²) in [4.78, 5) is 50.9. The molecular formula is C24H20N2O7. The number of carbonyl (C=O) groups excluding carboxylic acids is 2. The zero-order valence-corrected chi connectivity index (χ0v) is 17.4. The smallest absolute Gasteiger partial charge is 0.338 e. The molecule has 3 atom stereocenters. The summed E-state index contributed by atoms with van der Waals surface area (Å²) in [6.07, 6.45) is -1.72. The first kappa shape index (κ1) is 22.0. The SMILES string of the molecule is C=C1[C@H](n2ccc(=O)[nH]c2=O)OC(COC(=O)c2ccccc2)[C@H]1OC(=O)c1ccccc1. The minimum Gasteiger partial charge on any atom is -0.459 e. The lowest BCUT2D eigenvalue weighted by molar-refractivity contribution is -0.0579. The van der Waals surface area contributed by atoms with Gasteiger partial charge < -0.3 is 14.2 Å². The summed E-state index contributed by atoms with van der Waals surface area (Å²) in [6.45, 7) is 3.69. The van der Waals surface area contributed by atoms with E-state index in [4.69, 9.17) is 14.2 Å². The molecule has 2 heterocycles. The fourth-order valence-electron chi connectivity index (χ4n) is 3.41. The Balaban J connectivity index is 1.57. The maximum atomic E-state index is 12.7. The number of ether oxygens (including phenoxy) is 3. The number of nitrogens with one attached hydrogen (secondary N) is 1. The molecule has 1 unspecified atom stereocenters. The third kappa shape index (κ3) is 4.83. The topological polar surface area (TPSA) is 117 Å². The molecule has 1 fully saturated rings. The molecule has 0 amide bonds. The molecule has 2 aromatic carbocycles. The summed E-state index contributed by atoms with van der Waals surface area (Å²) >= 11 is 0. The normalized spacial score (nSPS) is 19.8. The molecule has 9 nitrogen and oxygen atoms in total. The fraction of sp³-hybridized carbons (Fsp3) is 0.167. The first-order valence-corrected chi connectivity index (χ1v) is 10.1. The summed E-state index contributed by atoms with van der Waals surface area (Å²) < 4.78 is 18.0. The van der Waals surface area contributed by atoms with E-state index in [1.54, 1.807) is 60.7 Å². The fourth-order valence-corrected chi connectivity index (χ4v) is 3.41. The number of benzene rings is 2. The Hall–Kier alpha value is -4.24. The second kappa shape index (κ2) is 9.49. The van der Waals surface area contributed by atoms with Gasteiger partial charge in [0.1, 0.15) is 12.7 Å². The monoisotopic (exact) mass is 448 g/mol. The van der Waals surface area contributed by atoms with Crippen molar-refractivity contribution in [2.24, 2.45) is 0 Å². The van der Waals surface area contributed by atoms with E-state index in [0.717, 1.165) is 10.6 Å². The average Bonchev–Trinajstić information content (AvgIpc) is 3.13. The number of hydrogen-bond donors (Lipinski definition) is 1. The number of aromatic amines is 1. The Kier molecular flexibility index (Phi) is 6.32. The number of aromatic nitrogens is 2. The van der Waals surface area contributed by atoms with Crippen molar-refractivity contribution in [2.45, 2.75) is 18.4 Å². The van der Waals surface area contributed by atoms with Crippen molar-refractivity contribution in [3.8, 4) is 0 Å². The van der Waals surface area contributed by atoms with E-state index in [9.17, 15) is 19.2 Å². The van der Waals surface area contributed by atoms with Crippen molar-refractivity contribution in [3.63, 3.8) is 0 Å². The second-order valence-corrected chi connectivity index (χ2v) is 7.28. The lowest BCUT2D eigenvalue weighted by atomic mass is 10.1. The van der Waals surface area contributed by atoms with Crippen LogP contribution in [-0.4, -0.2) is 40.3 Å². The van der Waals surface area contributed by atoms with E-state index in [1.807, 2.05) is 0 Å². The van der Waals surface area contributed by atoms with Gasteiger partial charge in [0.15, 0.2) is 12.3 Å². The highest BCUT2D eigenvalue weighted by atomic mass is 16.6. The number of nitrogens with zero attached hydrogens (tertiary/aromatic N) is 1. The second-order valence-electron chi connectivity index (χ2n) is 7.28.